The van der Waals surface area contributed by atoms with Gasteiger partial charge in [-0.3, -0.25) is 5.41 Å². The summed E-state index contributed by atoms with van der Waals surface area (Å²) in [7, 11) is 0. The zero-order chi connectivity index (χ0) is 12.5. The average Bonchev–Trinajstić information content (AvgIpc) is 2.80. The number of hydrogen-bond donors (Lipinski definition) is 1. The molecule has 1 saturated heterocycles. The van der Waals surface area contributed by atoms with Gasteiger partial charge in [0.25, 0.3) is 0 Å². The van der Waals surface area contributed by atoms with Gasteiger partial charge in [-0.25, -0.2) is 0 Å². The minimum absolute atomic E-state index is 0.446. The number of piperidine rings is 1. The van der Waals surface area contributed by atoms with Crippen LogP contribution in [0, 0.1) is 22.7 Å². The van der Waals surface area contributed by atoms with Crippen molar-refractivity contribution in [2.45, 2.75) is 59.3 Å². The fraction of sp³-hybridized carbons (Fsp3) is 0.933. The lowest BCUT2D eigenvalue weighted by Gasteiger charge is -2.40. The summed E-state index contributed by atoms with van der Waals surface area (Å²) in [6.07, 6.45) is 7.75. The zero-order valence-corrected chi connectivity index (χ0v) is 11.8. The van der Waals surface area contributed by atoms with Crippen molar-refractivity contribution in [3.63, 3.8) is 0 Å². The highest BCUT2D eigenvalue weighted by molar-refractivity contribution is 5.82. The van der Waals surface area contributed by atoms with E-state index in [1.54, 1.807) is 0 Å². The minimum Gasteiger partial charge on any atom is -0.360 e. The van der Waals surface area contributed by atoms with Crippen molar-refractivity contribution in [2.24, 2.45) is 17.3 Å². The van der Waals surface area contributed by atoms with Crippen LogP contribution >= 0.6 is 0 Å². The Morgan fingerprint density at radius 1 is 1.00 bits per heavy atom. The second kappa shape index (κ2) is 4.99. The first-order valence-corrected chi connectivity index (χ1v) is 7.32. The van der Waals surface area contributed by atoms with Crippen LogP contribution in [-0.2, 0) is 0 Å². The van der Waals surface area contributed by atoms with E-state index < -0.39 is 0 Å². The smallest absolute Gasteiger partial charge is 0.0989 e. The molecule has 98 valence electrons. The van der Waals surface area contributed by atoms with Crippen molar-refractivity contribution in [2.75, 3.05) is 13.1 Å². The van der Waals surface area contributed by atoms with Gasteiger partial charge in [-0.15, -0.1) is 0 Å². The van der Waals surface area contributed by atoms with Gasteiger partial charge in [0.2, 0.25) is 0 Å². The molecule has 2 fully saturated rings. The Labute approximate surface area is 106 Å². The number of rotatable bonds is 1. The Balaban J connectivity index is 1.84. The summed E-state index contributed by atoms with van der Waals surface area (Å²) in [5.74, 6) is 2.38. The number of nitrogens with zero attached hydrogens (tertiary/aromatic N) is 1. The van der Waals surface area contributed by atoms with Crippen LogP contribution in [0.15, 0.2) is 0 Å². The first-order valence-electron chi connectivity index (χ1n) is 7.32. The SMILES string of the molecule is CC(C)(C)C1CCN(C(=N)C2CCCC2)CC1. The lowest BCUT2D eigenvalue weighted by atomic mass is 9.75. The number of amidine groups is 1. The van der Waals surface area contributed by atoms with Crippen molar-refractivity contribution in [1.29, 1.82) is 5.41 Å². The first-order chi connectivity index (χ1) is 7.98. The van der Waals surface area contributed by atoms with Crippen molar-refractivity contribution in [1.82, 2.24) is 4.90 Å². The molecule has 2 aliphatic rings. The molecule has 0 aromatic carbocycles. The zero-order valence-electron chi connectivity index (χ0n) is 11.8. The van der Waals surface area contributed by atoms with Gasteiger partial charge < -0.3 is 4.90 Å². The van der Waals surface area contributed by atoms with Gasteiger partial charge in [0, 0.05) is 19.0 Å². The first kappa shape index (κ1) is 12.9. The van der Waals surface area contributed by atoms with Gasteiger partial charge in [0.05, 0.1) is 5.84 Å². The molecule has 1 heterocycles. The lowest BCUT2D eigenvalue weighted by Crippen LogP contribution is -2.43. The summed E-state index contributed by atoms with van der Waals surface area (Å²) in [5, 5.41) is 8.33. The molecule has 17 heavy (non-hydrogen) atoms. The Hall–Kier alpha value is -0.530. The van der Waals surface area contributed by atoms with Gasteiger partial charge in [0.15, 0.2) is 0 Å². The monoisotopic (exact) mass is 236 g/mol. The molecule has 0 spiro atoms. The molecule has 1 aliphatic carbocycles. The van der Waals surface area contributed by atoms with E-state index in [2.05, 4.69) is 25.7 Å². The molecular weight excluding hydrogens is 208 g/mol. The van der Waals surface area contributed by atoms with E-state index in [9.17, 15) is 0 Å². The molecule has 0 aromatic rings. The van der Waals surface area contributed by atoms with Crippen LogP contribution in [-0.4, -0.2) is 23.8 Å². The van der Waals surface area contributed by atoms with Crippen molar-refractivity contribution >= 4 is 5.84 Å². The largest absolute Gasteiger partial charge is 0.360 e. The van der Waals surface area contributed by atoms with Crippen LogP contribution in [0.4, 0.5) is 0 Å². The maximum Gasteiger partial charge on any atom is 0.0989 e. The van der Waals surface area contributed by atoms with Crippen LogP contribution in [0.2, 0.25) is 0 Å². The van der Waals surface area contributed by atoms with Gasteiger partial charge in [-0.2, -0.15) is 0 Å². The normalized spacial score (nSPS) is 24.3. The highest BCUT2D eigenvalue weighted by Crippen LogP contribution is 2.35. The third kappa shape index (κ3) is 3.02. The van der Waals surface area contributed by atoms with Crippen LogP contribution in [0.25, 0.3) is 0 Å². The summed E-state index contributed by atoms with van der Waals surface area (Å²) in [6, 6.07) is 0. The van der Waals surface area contributed by atoms with Crippen LogP contribution in [0.5, 0.6) is 0 Å². The Morgan fingerprint density at radius 3 is 2.00 bits per heavy atom. The second-order valence-corrected chi connectivity index (χ2v) is 6.99. The summed E-state index contributed by atoms with van der Waals surface area (Å²) in [6.45, 7) is 9.31. The number of likely N-dealkylation sites (tertiary alicyclic amines) is 1. The molecule has 1 N–H and O–H groups in total. The minimum atomic E-state index is 0.446. The average molecular weight is 236 g/mol. The van der Waals surface area contributed by atoms with Crippen LogP contribution in [0.3, 0.4) is 0 Å². The Morgan fingerprint density at radius 2 is 1.53 bits per heavy atom. The highest BCUT2D eigenvalue weighted by Gasteiger charge is 2.31. The molecule has 0 bridgehead atoms. The fourth-order valence-corrected chi connectivity index (χ4v) is 3.44. The van der Waals surface area contributed by atoms with Gasteiger partial charge in [-0.05, 0) is 37.0 Å². The standard InChI is InChI=1S/C15H28N2/c1-15(2,3)13-8-10-17(11-9-13)14(16)12-6-4-5-7-12/h12-13,16H,4-11H2,1-3H3. The molecule has 2 rings (SSSR count). The summed E-state index contributed by atoms with van der Waals surface area (Å²) >= 11 is 0. The van der Waals surface area contributed by atoms with Crippen molar-refractivity contribution in [3.05, 3.63) is 0 Å². The van der Waals surface area contributed by atoms with E-state index in [1.807, 2.05) is 0 Å². The third-order valence-corrected chi connectivity index (χ3v) is 4.80. The molecular formula is C15H28N2. The fourth-order valence-electron chi connectivity index (χ4n) is 3.44. The topological polar surface area (TPSA) is 27.1 Å². The molecule has 0 amide bonds. The highest BCUT2D eigenvalue weighted by atomic mass is 15.2. The van der Waals surface area contributed by atoms with Gasteiger partial charge in [-0.1, -0.05) is 33.6 Å². The molecule has 2 nitrogen and oxygen atoms in total. The van der Waals surface area contributed by atoms with Crippen LogP contribution in [0.1, 0.15) is 59.3 Å². The van der Waals surface area contributed by atoms with Gasteiger partial charge >= 0.3 is 0 Å². The molecule has 0 radical (unpaired) electrons. The number of hydrogen-bond acceptors (Lipinski definition) is 1. The maximum atomic E-state index is 8.33. The second-order valence-electron chi connectivity index (χ2n) is 6.99. The van der Waals surface area contributed by atoms with E-state index in [0.29, 0.717) is 11.3 Å². The van der Waals surface area contributed by atoms with E-state index >= 15 is 0 Å². The third-order valence-electron chi connectivity index (χ3n) is 4.80. The maximum absolute atomic E-state index is 8.33. The number of nitrogens with one attached hydrogen (secondary N) is 1. The molecule has 1 saturated carbocycles. The van der Waals surface area contributed by atoms with E-state index in [-0.39, 0.29) is 0 Å². The van der Waals surface area contributed by atoms with E-state index in [4.69, 9.17) is 5.41 Å². The van der Waals surface area contributed by atoms with E-state index in [0.717, 1.165) is 24.8 Å². The molecule has 0 aromatic heterocycles. The quantitative estimate of drug-likeness (QED) is 0.542. The Kier molecular flexibility index (Phi) is 3.79. The molecule has 0 atom stereocenters. The Bertz CT molecular complexity index is 263. The summed E-state index contributed by atoms with van der Waals surface area (Å²) in [4.78, 5) is 2.36. The predicted molar refractivity (Wildman–Crippen MR) is 73.4 cm³/mol. The van der Waals surface area contributed by atoms with Crippen molar-refractivity contribution in [3.8, 4) is 0 Å². The van der Waals surface area contributed by atoms with E-state index in [1.165, 1.54) is 38.5 Å². The molecule has 0 unspecified atom stereocenters. The lowest BCUT2D eigenvalue weighted by molar-refractivity contribution is 0.146. The molecule has 1 aliphatic heterocycles. The van der Waals surface area contributed by atoms with Crippen LogP contribution < -0.4 is 0 Å². The molecule has 2 heteroatoms. The predicted octanol–water partition coefficient (Wildman–Crippen LogP) is 3.91. The van der Waals surface area contributed by atoms with Gasteiger partial charge in [0.1, 0.15) is 0 Å². The summed E-state index contributed by atoms with van der Waals surface area (Å²) < 4.78 is 0. The van der Waals surface area contributed by atoms with Crippen molar-refractivity contribution < 1.29 is 0 Å². The summed E-state index contributed by atoms with van der Waals surface area (Å²) in [5.41, 5.74) is 0.446.